The second kappa shape index (κ2) is 6.92. The van der Waals surface area contributed by atoms with Crippen molar-refractivity contribution in [2.75, 3.05) is 6.61 Å². The lowest BCUT2D eigenvalue weighted by Gasteiger charge is -2.23. The fourth-order valence-electron chi connectivity index (χ4n) is 2.19. The van der Waals surface area contributed by atoms with Gasteiger partial charge in [0.2, 0.25) is 0 Å². The Bertz CT molecular complexity index is 479. The number of hydrogen-bond donors (Lipinski definition) is 3. The van der Waals surface area contributed by atoms with Crippen LogP contribution >= 0.6 is 0 Å². The summed E-state index contributed by atoms with van der Waals surface area (Å²) >= 11 is 0. The maximum Gasteiger partial charge on any atom is 0.0626 e. The molecule has 2 atom stereocenters. The van der Waals surface area contributed by atoms with Gasteiger partial charge in [0.15, 0.2) is 0 Å². The number of aliphatic hydroxyl groups excluding tert-OH is 1. The average Bonchev–Trinajstić information content (AvgIpc) is 2.98. The van der Waals surface area contributed by atoms with Crippen LogP contribution in [0.3, 0.4) is 0 Å². The van der Waals surface area contributed by atoms with E-state index in [9.17, 15) is 5.11 Å². The molecule has 0 fully saturated rings. The first-order valence-corrected chi connectivity index (χ1v) is 6.51. The van der Waals surface area contributed by atoms with Crippen LogP contribution in [0.15, 0.2) is 61.3 Å². The zero-order valence-corrected chi connectivity index (χ0v) is 10.9. The lowest BCUT2D eigenvalue weighted by atomic mass is 10.0. The smallest absolute Gasteiger partial charge is 0.0626 e. The molecule has 0 saturated heterocycles. The van der Waals surface area contributed by atoms with Gasteiger partial charge in [-0.2, -0.15) is 0 Å². The van der Waals surface area contributed by atoms with Gasteiger partial charge in [-0.05, 0) is 24.1 Å². The standard InChI is InChI=1S/C16H20N2O/c1-2-7-15(14-10-6-11-17-14)18-16(12-19)13-8-4-3-5-9-13/h2-6,8-11,15-19H,1,7,12H2/t15-,16+/m0/s1. The number of aromatic nitrogens is 1. The first-order chi connectivity index (χ1) is 9.35. The van der Waals surface area contributed by atoms with Crippen LogP contribution in [0, 0.1) is 0 Å². The van der Waals surface area contributed by atoms with Crippen LogP contribution in [0.1, 0.15) is 29.8 Å². The van der Waals surface area contributed by atoms with Crippen molar-refractivity contribution in [3.05, 3.63) is 72.6 Å². The number of rotatable bonds is 7. The Balaban J connectivity index is 2.13. The molecule has 0 aliphatic heterocycles. The van der Waals surface area contributed by atoms with Crippen LogP contribution in [-0.4, -0.2) is 16.7 Å². The zero-order chi connectivity index (χ0) is 13.5. The van der Waals surface area contributed by atoms with Gasteiger partial charge in [0.05, 0.1) is 18.7 Å². The van der Waals surface area contributed by atoms with Crippen molar-refractivity contribution in [3.8, 4) is 0 Å². The molecule has 3 N–H and O–H groups in total. The van der Waals surface area contributed by atoms with Crippen molar-refractivity contribution in [1.29, 1.82) is 0 Å². The summed E-state index contributed by atoms with van der Waals surface area (Å²) in [7, 11) is 0. The van der Waals surface area contributed by atoms with Crippen LogP contribution in [-0.2, 0) is 0 Å². The van der Waals surface area contributed by atoms with Gasteiger partial charge < -0.3 is 10.1 Å². The molecule has 0 aliphatic rings. The summed E-state index contributed by atoms with van der Waals surface area (Å²) in [5.74, 6) is 0. The molecular weight excluding hydrogens is 236 g/mol. The van der Waals surface area contributed by atoms with Crippen LogP contribution in [0.2, 0.25) is 0 Å². The molecule has 1 heterocycles. The van der Waals surface area contributed by atoms with Gasteiger partial charge in [0.25, 0.3) is 0 Å². The molecule has 0 amide bonds. The Morgan fingerprint density at radius 2 is 1.95 bits per heavy atom. The van der Waals surface area contributed by atoms with Gasteiger partial charge >= 0.3 is 0 Å². The quantitative estimate of drug-likeness (QED) is 0.667. The van der Waals surface area contributed by atoms with E-state index < -0.39 is 0 Å². The molecule has 0 aliphatic carbocycles. The van der Waals surface area contributed by atoms with E-state index in [1.165, 1.54) is 0 Å². The Hall–Kier alpha value is -1.84. The summed E-state index contributed by atoms with van der Waals surface area (Å²) in [5.41, 5.74) is 2.19. The Morgan fingerprint density at radius 3 is 2.53 bits per heavy atom. The molecule has 0 bridgehead atoms. The minimum Gasteiger partial charge on any atom is -0.394 e. The van der Waals surface area contributed by atoms with Crippen molar-refractivity contribution in [1.82, 2.24) is 10.3 Å². The van der Waals surface area contributed by atoms with Crippen LogP contribution in [0.5, 0.6) is 0 Å². The van der Waals surface area contributed by atoms with Gasteiger partial charge in [0.1, 0.15) is 0 Å². The van der Waals surface area contributed by atoms with Crippen molar-refractivity contribution >= 4 is 0 Å². The Morgan fingerprint density at radius 1 is 1.16 bits per heavy atom. The fourth-order valence-corrected chi connectivity index (χ4v) is 2.19. The highest BCUT2D eigenvalue weighted by Gasteiger charge is 2.17. The van der Waals surface area contributed by atoms with E-state index in [2.05, 4.69) is 16.9 Å². The van der Waals surface area contributed by atoms with E-state index in [1.807, 2.05) is 54.7 Å². The number of aromatic amines is 1. The highest BCUT2D eigenvalue weighted by Crippen LogP contribution is 2.21. The molecule has 3 heteroatoms. The third-order valence-corrected chi connectivity index (χ3v) is 3.19. The summed E-state index contributed by atoms with van der Waals surface area (Å²) in [6.07, 6.45) is 4.60. The van der Waals surface area contributed by atoms with Gasteiger partial charge in [-0.25, -0.2) is 0 Å². The normalized spacial score (nSPS) is 13.9. The van der Waals surface area contributed by atoms with Gasteiger partial charge in [0, 0.05) is 11.9 Å². The second-order valence-corrected chi connectivity index (χ2v) is 4.51. The van der Waals surface area contributed by atoms with Crippen molar-refractivity contribution in [2.45, 2.75) is 18.5 Å². The third kappa shape index (κ3) is 3.56. The first kappa shape index (κ1) is 13.6. The second-order valence-electron chi connectivity index (χ2n) is 4.51. The SMILES string of the molecule is C=CC[C@H](N[C@H](CO)c1ccccc1)c1ccc[nH]1. The molecule has 0 spiro atoms. The van der Waals surface area contributed by atoms with Crippen molar-refractivity contribution < 1.29 is 5.11 Å². The van der Waals surface area contributed by atoms with Crippen LogP contribution in [0.4, 0.5) is 0 Å². The molecule has 3 nitrogen and oxygen atoms in total. The number of nitrogens with one attached hydrogen (secondary N) is 2. The van der Waals surface area contributed by atoms with Crippen molar-refractivity contribution in [3.63, 3.8) is 0 Å². The lowest BCUT2D eigenvalue weighted by Crippen LogP contribution is -2.29. The number of benzene rings is 1. The molecule has 2 rings (SSSR count). The van der Waals surface area contributed by atoms with Gasteiger partial charge in [-0.15, -0.1) is 6.58 Å². The molecule has 0 unspecified atom stereocenters. The molecule has 1 aromatic carbocycles. The van der Waals surface area contributed by atoms with Crippen molar-refractivity contribution in [2.24, 2.45) is 0 Å². The lowest BCUT2D eigenvalue weighted by molar-refractivity contribution is 0.232. The van der Waals surface area contributed by atoms with E-state index in [1.54, 1.807) is 0 Å². The largest absolute Gasteiger partial charge is 0.394 e. The molecule has 1 aromatic heterocycles. The summed E-state index contributed by atoms with van der Waals surface area (Å²) in [5, 5.41) is 13.1. The van der Waals surface area contributed by atoms with E-state index in [-0.39, 0.29) is 18.7 Å². The van der Waals surface area contributed by atoms with Gasteiger partial charge in [-0.1, -0.05) is 36.4 Å². The van der Waals surface area contributed by atoms with E-state index in [0.717, 1.165) is 17.7 Å². The fraction of sp³-hybridized carbons (Fsp3) is 0.250. The van der Waals surface area contributed by atoms with Crippen LogP contribution in [0.25, 0.3) is 0 Å². The van der Waals surface area contributed by atoms with Gasteiger partial charge in [-0.3, -0.25) is 5.32 Å². The predicted molar refractivity (Wildman–Crippen MR) is 77.8 cm³/mol. The minimum absolute atomic E-state index is 0.0678. The zero-order valence-electron chi connectivity index (χ0n) is 10.9. The molecule has 0 saturated carbocycles. The minimum atomic E-state index is -0.0746. The number of H-pyrrole nitrogens is 1. The molecule has 2 aromatic rings. The molecule has 0 radical (unpaired) electrons. The first-order valence-electron chi connectivity index (χ1n) is 6.51. The summed E-state index contributed by atoms with van der Waals surface area (Å²) < 4.78 is 0. The maximum atomic E-state index is 9.60. The van der Waals surface area contributed by atoms with E-state index in [4.69, 9.17) is 0 Å². The van der Waals surface area contributed by atoms with E-state index in [0.29, 0.717) is 0 Å². The number of aliphatic hydroxyl groups is 1. The highest BCUT2D eigenvalue weighted by molar-refractivity contribution is 5.20. The summed E-state index contributed by atoms with van der Waals surface area (Å²) in [4.78, 5) is 3.21. The number of hydrogen-bond acceptors (Lipinski definition) is 2. The summed E-state index contributed by atoms with van der Waals surface area (Å²) in [6.45, 7) is 3.87. The van der Waals surface area contributed by atoms with E-state index >= 15 is 0 Å². The summed E-state index contributed by atoms with van der Waals surface area (Å²) in [6, 6.07) is 14.1. The Labute approximate surface area is 114 Å². The monoisotopic (exact) mass is 256 g/mol. The average molecular weight is 256 g/mol. The molecule has 19 heavy (non-hydrogen) atoms. The molecule has 100 valence electrons. The topological polar surface area (TPSA) is 48.0 Å². The highest BCUT2D eigenvalue weighted by atomic mass is 16.3. The maximum absolute atomic E-state index is 9.60. The predicted octanol–water partition coefficient (Wildman–Crippen LogP) is 2.96. The van der Waals surface area contributed by atoms with Crippen LogP contribution < -0.4 is 5.32 Å². The Kier molecular flexibility index (Phi) is 4.95. The molecular formula is C16H20N2O. The third-order valence-electron chi connectivity index (χ3n) is 3.19.